The molecule has 1 amide bonds. The maximum atomic E-state index is 11.6. The van der Waals surface area contributed by atoms with Crippen LogP contribution in [0.1, 0.15) is 31.9 Å². The summed E-state index contributed by atoms with van der Waals surface area (Å²) < 4.78 is 0. The first-order valence-corrected chi connectivity index (χ1v) is 7.00. The van der Waals surface area contributed by atoms with E-state index in [1.54, 1.807) is 6.08 Å². The fourth-order valence-corrected chi connectivity index (χ4v) is 1.73. The van der Waals surface area contributed by atoms with Crippen LogP contribution in [0.25, 0.3) is 6.08 Å². The van der Waals surface area contributed by atoms with Gasteiger partial charge in [-0.25, -0.2) is 0 Å². The van der Waals surface area contributed by atoms with E-state index >= 15 is 0 Å². The van der Waals surface area contributed by atoms with E-state index in [1.807, 2.05) is 37.2 Å². The third-order valence-electron chi connectivity index (χ3n) is 3.06. The second kappa shape index (κ2) is 7.25. The molecule has 1 aromatic rings. The number of hydrogen-bond acceptors (Lipinski definition) is 2. The zero-order valence-electron chi connectivity index (χ0n) is 13.2. The van der Waals surface area contributed by atoms with Gasteiger partial charge in [0.1, 0.15) is 0 Å². The Kier molecular flexibility index (Phi) is 5.96. The van der Waals surface area contributed by atoms with E-state index in [9.17, 15) is 4.79 Å². The highest BCUT2D eigenvalue weighted by Crippen LogP contribution is 2.22. The van der Waals surface area contributed by atoms with Gasteiger partial charge in [-0.1, -0.05) is 45.0 Å². The quantitative estimate of drug-likeness (QED) is 0.837. The van der Waals surface area contributed by atoms with Gasteiger partial charge in [0.25, 0.3) is 0 Å². The average Bonchev–Trinajstić information content (AvgIpc) is 2.35. The summed E-state index contributed by atoms with van der Waals surface area (Å²) in [5.41, 5.74) is 2.50. The molecule has 0 bridgehead atoms. The van der Waals surface area contributed by atoms with Crippen LogP contribution in [0.2, 0.25) is 0 Å². The Labute approximate surface area is 122 Å². The van der Waals surface area contributed by atoms with Crippen molar-refractivity contribution in [3.63, 3.8) is 0 Å². The lowest BCUT2D eigenvalue weighted by atomic mass is 9.87. The minimum absolute atomic E-state index is 0.0493. The molecule has 20 heavy (non-hydrogen) atoms. The standard InChI is InChI=1S/C17H26N2O/c1-17(2,3)15-9-6-14(7-10-15)8-11-16(20)18-12-13-19(4)5/h6-11H,12-13H2,1-5H3,(H,18,20)/b11-8+. The number of nitrogens with zero attached hydrogens (tertiary/aromatic N) is 1. The summed E-state index contributed by atoms with van der Waals surface area (Å²) in [5.74, 6) is -0.0493. The summed E-state index contributed by atoms with van der Waals surface area (Å²) >= 11 is 0. The van der Waals surface area contributed by atoms with Gasteiger partial charge in [0, 0.05) is 19.2 Å². The Bertz CT molecular complexity index is 453. The molecule has 0 unspecified atom stereocenters. The molecule has 0 saturated heterocycles. The smallest absolute Gasteiger partial charge is 0.244 e. The van der Waals surface area contributed by atoms with Gasteiger partial charge in [-0.05, 0) is 36.7 Å². The Hall–Kier alpha value is -1.61. The second-order valence-corrected chi connectivity index (χ2v) is 6.30. The Morgan fingerprint density at radius 2 is 1.80 bits per heavy atom. The molecule has 0 radical (unpaired) electrons. The highest BCUT2D eigenvalue weighted by atomic mass is 16.1. The van der Waals surface area contributed by atoms with Crippen LogP contribution in [0.3, 0.4) is 0 Å². The van der Waals surface area contributed by atoms with Gasteiger partial charge in [-0.15, -0.1) is 0 Å². The number of benzene rings is 1. The van der Waals surface area contributed by atoms with Gasteiger partial charge in [0.05, 0.1) is 0 Å². The molecule has 1 aromatic carbocycles. The van der Waals surface area contributed by atoms with Gasteiger partial charge >= 0.3 is 0 Å². The molecule has 0 heterocycles. The lowest BCUT2D eigenvalue weighted by molar-refractivity contribution is -0.116. The summed E-state index contributed by atoms with van der Waals surface area (Å²) in [4.78, 5) is 13.6. The second-order valence-electron chi connectivity index (χ2n) is 6.30. The molecule has 0 spiro atoms. The van der Waals surface area contributed by atoms with Crippen molar-refractivity contribution >= 4 is 12.0 Å². The van der Waals surface area contributed by atoms with Crippen molar-refractivity contribution in [2.24, 2.45) is 0 Å². The van der Waals surface area contributed by atoms with Crippen molar-refractivity contribution in [1.29, 1.82) is 0 Å². The Balaban J connectivity index is 2.52. The van der Waals surface area contributed by atoms with Gasteiger partial charge in [0.15, 0.2) is 0 Å². The number of likely N-dealkylation sites (N-methyl/N-ethyl adjacent to an activating group) is 1. The van der Waals surface area contributed by atoms with Crippen molar-refractivity contribution < 1.29 is 4.79 Å². The van der Waals surface area contributed by atoms with Crippen LogP contribution in [0.5, 0.6) is 0 Å². The SMILES string of the molecule is CN(C)CCNC(=O)/C=C/c1ccc(C(C)(C)C)cc1. The minimum Gasteiger partial charge on any atom is -0.351 e. The molecule has 1 N–H and O–H groups in total. The van der Waals surface area contributed by atoms with Crippen molar-refractivity contribution in [2.75, 3.05) is 27.2 Å². The number of carbonyl (C=O) groups excluding carboxylic acids is 1. The molecule has 0 fully saturated rings. The average molecular weight is 274 g/mol. The Morgan fingerprint density at radius 3 is 2.30 bits per heavy atom. The lowest BCUT2D eigenvalue weighted by Gasteiger charge is -2.18. The number of hydrogen-bond donors (Lipinski definition) is 1. The molecule has 0 aliphatic heterocycles. The van der Waals surface area contributed by atoms with E-state index in [4.69, 9.17) is 0 Å². The normalized spacial score (nSPS) is 12.1. The Morgan fingerprint density at radius 1 is 1.20 bits per heavy atom. The maximum Gasteiger partial charge on any atom is 0.244 e. The molecular weight excluding hydrogens is 248 g/mol. The molecule has 3 heteroatoms. The third-order valence-corrected chi connectivity index (χ3v) is 3.06. The monoisotopic (exact) mass is 274 g/mol. The van der Waals surface area contributed by atoms with E-state index in [0.717, 1.165) is 12.1 Å². The predicted molar refractivity (Wildman–Crippen MR) is 85.7 cm³/mol. The molecule has 110 valence electrons. The highest BCUT2D eigenvalue weighted by Gasteiger charge is 2.12. The van der Waals surface area contributed by atoms with E-state index in [2.05, 4.69) is 38.2 Å². The van der Waals surface area contributed by atoms with E-state index < -0.39 is 0 Å². The number of amides is 1. The van der Waals surface area contributed by atoms with E-state index in [-0.39, 0.29) is 11.3 Å². The van der Waals surface area contributed by atoms with Crippen LogP contribution in [0, 0.1) is 0 Å². The van der Waals surface area contributed by atoms with Crippen LogP contribution in [0.4, 0.5) is 0 Å². The van der Waals surface area contributed by atoms with Gasteiger partial charge in [0.2, 0.25) is 5.91 Å². The van der Waals surface area contributed by atoms with Gasteiger partial charge in [-0.3, -0.25) is 4.79 Å². The lowest BCUT2D eigenvalue weighted by Crippen LogP contribution is -2.30. The summed E-state index contributed by atoms with van der Waals surface area (Å²) in [6, 6.07) is 8.32. The molecule has 3 nitrogen and oxygen atoms in total. The summed E-state index contributed by atoms with van der Waals surface area (Å²) in [6.45, 7) is 8.08. The van der Waals surface area contributed by atoms with Crippen LogP contribution < -0.4 is 5.32 Å². The number of nitrogens with one attached hydrogen (secondary N) is 1. The van der Waals surface area contributed by atoms with Crippen LogP contribution in [0.15, 0.2) is 30.3 Å². The van der Waals surface area contributed by atoms with Crippen molar-refractivity contribution in [1.82, 2.24) is 10.2 Å². The zero-order valence-corrected chi connectivity index (χ0v) is 13.2. The van der Waals surface area contributed by atoms with Crippen molar-refractivity contribution in [2.45, 2.75) is 26.2 Å². The van der Waals surface area contributed by atoms with Crippen molar-refractivity contribution in [3.8, 4) is 0 Å². The van der Waals surface area contributed by atoms with Crippen LogP contribution in [-0.4, -0.2) is 38.0 Å². The molecule has 0 aromatic heterocycles. The third kappa shape index (κ3) is 6.02. The molecule has 1 rings (SSSR count). The first-order chi connectivity index (χ1) is 9.29. The zero-order chi connectivity index (χ0) is 15.2. The van der Waals surface area contributed by atoms with Crippen LogP contribution in [-0.2, 0) is 10.2 Å². The largest absolute Gasteiger partial charge is 0.351 e. The van der Waals surface area contributed by atoms with Gasteiger partial charge in [-0.2, -0.15) is 0 Å². The molecule has 0 atom stereocenters. The predicted octanol–water partition coefficient (Wildman–Crippen LogP) is 2.68. The van der Waals surface area contributed by atoms with E-state index in [0.29, 0.717) is 6.54 Å². The fourth-order valence-electron chi connectivity index (χ4n) is 1.73. The summed E-state index contributed by atoms with van der Waals surface area (Å²) in [6.07, 6.45) is 3.43. The summed E-state index contributed by atoms with van der Waals surface area (Å²) in [7, 11) is 3.97. The summed E-state index contributed by atoms with van der Waals surface area (Å²) in [5, 5.41) is 2.85. The van der Waals surface area contributed by atoms with E-state index in [1.165, 1.54) is 5.56 Å². The number of carbonyl (C=O) groups is 1. The maximum absolute atomic E-state index is 11.6. The molecule has 0 aliphatic rings. The molecule has 0 saturated carbocycles. The highest BCUT2D eigenvalue weighted by molar-refractivity contribution is 5.91. The minimum atomic E-state index is -0.0493. The van der Waals surface area contributed by atoms with Crippen molar-refractivity contribution in [3.05, 3.63) is 41.5 Å². The molecule has 0 aliphatic carbocycles. The number of rotatable bonds is 5. The topological polar surface area (TPSA) is 32.3 Å². The van der Waals surface area contributed by atoms with Crippen LogP contribution >= 0.6 is 0 Å². The molecular formula is C17H26N2O. The van der Waals surface area contributed by atoms with Gasteiger partial charge < -0.3 is 10.2 Å². The first kappa shape index (κ1) is 16.4. The first-order valence-electron chi connectivity index (χ1n) is 7.00. The fraction of sp³-hybridized carbons (Fsp3) is 0.471.